The number of aromatic nitrogens is 1. The highest BCUT2D eigenvalue weighted by molar-refractivity contribution is 7.89. The molecule has 0 aliphatic carbocycles. The van der Waals surface area contributed by atoms with Crippen molar-refractivity contribution in [3.63, 3.8) is 0 Å². The van der Waals surface area contributed by atoms with Crippen LogP contribution in [0.3, 0.4) is 0 Å². The second-order valence-electron chi connectivity index (χ2n) is 4.56. The topological polar surface area (TPSA) is 85.1 Å². The Morgan fingerprint density at radius 1 is 1.30 bits per heavy atom. The van der Waals surface area contributed by atoms with Crippen molar-refractivity contribution in [1.29, 1.82) is 0 Å². The first kappa shape index (κ1) is 15.0. The molecule has 5 nitrogen and oxygen atoms in total. The molecule has 7 heteroatoms. The van der Waals surface area contributed by atoms with Crippen molar-refractivity contribution < 1.29 is 8.42 Å². The lowest BCUT2D eigenvalue weighted by atomic mass is 10.1. The Morgan fingerprint density at radius 2 is 1.95 bits per heavy atom. The molecule has 108 valence electrons. The van der Waals surface area contributed by atoms with Crippen molar-refractivity contribution in [2.45, 2.75) is 25.2 Å². The monoisotopic (exact) mass is 311 g/mol. The van der Waals surface area contributed by atoms with Gasteiger partial charge in [0.15, 0.2) is 0 Å². The van der Waals surface area contributed by atoms with Gasteiger partial charge < -0.3 is 5.73 Å². The summed E-state index contributed by atoms with van der Waals surface area (Å²) in [6.45, 7) is 3.83. The van der Waals surface area contributed by atoms with Crippen molar-refractivity contribution in [2.24, 2.45) is 0 Å². The number of anilines is 1. The Kier molecular flexibility index (Phi) is 4.42. The van der Waals surface area contributed by atoms with E-state index in [0.29, 0.717) is 34.7 Å². The SMILES string of the molecule is Cc1cc(N)cc(C)c1S(=O)(=O)NCCc1nccs1. The van der Waals surface area contributed by atoms with Gasteiger partial charge in [-0.05, 0) is 37.1 Å². The standard InChI is InChI=1S/C13H17N3O2S2/c1-9-7-11(14)8-10(2)13(9)20(17,18)16-4-3-12-15-5-6-19-12/h5-8,16H,3-4,14H2,1-2H3. The number of benzene rings is 1. The van der Waals surface area contributed by atoms with Gasteiger partial charge in [0.2, 0.25) is 10.0 Å². The summed E-state index contributed by atoms with van der Waals surface area (Å²) in [5, 5.41) is 2.79. The molecule has 0 bridgehead atoms. The minimum atomic E-state index is -3.52. The summed E-state index contributed by atoms with van der Waals surface area (Å²) in [6, 6.07) is 3.34. The Balaban J connectivity index is 2.14. The minimum Gasteiger partial charge on any atom is -0.399 e. The molecule has 2 aromatic rings. The fourth-order valence-corrected chi connectivity index (χ4v) is 4.25. The highest BCUT2D eigenvalue weighted by atomic mass is 32.2. The van der Waals surface area contributed by atoms with Crippen LogP contribution in [0.5, 0.6) is 0 Å². The molecule has 1 aromatic carbocycles. The first-order valence-electron chi connectivity index (χ1n) is 6.15. The molecule has 0 aliphatic rings. The zero-order valence-corrected chi connectivity index (χ0v) is 13.0. The van der Waals surface area contributed by atoms with E-state index in [9.17, 15) is 8.42 Å². The first-order valence-corrected chi connectivity index (χ1v) is 8.51. The van der Waals surface area contributed by atoms with E-state index in [2.05, 4.69) is 9.71 Å². The smallest absolute Gasteiger partial charge is 0.241 e. The Bertz CT molecular complexity index is 671. The molecular weight excluding hydrogens is 294 g/mol. The normalized spacial score (nSPS) is 11.7. The second kappa shape index (κ2) is 5.90. The van der Waals surface area contributed by atoms with Crippen LogP contribution in [-0.2, 0) is 16.4 Å². The number of hydrogen-bond acceptors (Lipinski definition) is 5. The summed E-state index contributed by atoms with van der Waals surface area (Å²) in [4.78, 5) is 4.43. The van der Waals surface area contributed by atoms with Gasteiger partial charge in [-0.2, -0.15) is 0 Å². The largest absolute Gasteiger partial charge is 0.399 e. The molecule has 0 atom stereocenters. The highest BCUT2D eigenvalue weighted by Gasteiger charge is 2.19. The molecule has 0 fully saturated rings. The average Bonchev–Trinajstić information content (AvgIpc) is 2.79. The van der Waals surface area contributed by atoms with E-state index in [1.807, 2.05) is 5.38 Å². The van der Waals surface area contributed by atoms with Crippen LogP contribution >= 0.6 is 11.3 Å². The van der Waals surface area contributed by atoms with Crippen LogP contribution in [-0.4, -0.2) is 19.9 Å². The third-order valence-electron chi connectivity index (χ3n) is 2.87. The van der Waals surface area contributed by atoms with Crippen LogP contribution in [0.4, 0.5) is 5.69 Å². The third-order valence-corrected chi connectivity index (χ3v) is 5.47. The maximum atomic E-state index is 12.3. The van der Waals surface area contributed by atoms with Crippen LogP contribution in [0, 0.1) is 13.8 Å². The number of nitrogens with one attached hydrogen (secondary N) is 1. The Hall–Kier alpha value is -1.44. The number of thiazole rings is 1. The van der Waals surface area contributed by atoms with Crippen molar-refractivity contribution in [3.8, 4) is 0 Å². The molecule has 0 saturated carbocycles. The molecule has 0 aliphatic heterocycles. The van der Waals surface area contributed by atoms with Gasteiger partial charge >= 0.3 is 0 Å². The fourth-order valence-electron chi connectivity index (χ4n) is 2.15. The van der Waals surface area contributed by atoms with E-state index in [0.717, 1.165) is 5.01 Å². The number of rotatable bonds is 5. The van der Waals surface area contributed by atoms with Crippen molar-refractivity contribution in [1.82, 2.24) is 9.71 Å². The number of nitrogens with zero attached hydrogens (tertiary/aromatic N) is 1. The van der Waals surface area contributed by atoms with E-state index in [1.54, 1.807) is 32.2 Å². The molecule has 1 aromatic heterocycles. The van der Waals surface area contributed by atoms with Crippen LogP contribution in [0.15, 0.2) is 28.6 Å². The molecular formula is C13H17N3O2S2. The van der Waals surface area contributed by atoms with E-state index in [-0.39, 0.29) is 0 Å². The maximum absolute atomic E-state index is 12.3. The van der Waals surface area contributed by atoms with Gasteiger partial charge in [-0.1, -0.05) is 0 Å². The molecule has 0 amide bonds. The molecule has 2 rings (SSSR count). The Labute approximate surface area is 122 Å². The quantitative estimate of drug-likeness (QED) is 0.825. The molecule has 0 unspecified atom stereocenters. The molecule has 0 saturated heterocycles. The van der Waals surface area contributed by atoms with E-state index in [1.165, 1.54) is 11.3 Å². The van der Waals surface area contributed by atoms with Gasteiger partial charge in [-0.25, -0.2) is 18.1 Å². The van der Waals surface area contributed by atoms with E-state index < -0.39 is 10.0 Å². The number of hydrogen-bond donors (Lipinski definition) is 2. The van der Waals surface area contributed by atoms with E-state index >= 15 is 0 Å². The van der Waals surface area contributed by atoms with Gasteiger partial charge in [0.25, 0.3) is 0 Å². The third kappa shape index (κ3) is 3.36. The van der Waals surface area contributed by atoms with Crippen molar-refractivity contribution in [3.05, 3.63) is 39.8 Å². The zero-order valence-electron chi connectivity index (χ0n) is 11.4. The molecule has 3 N–H and O–H groups in total. The van der Waals surface area contributed by atoms with Crippen molar-refractivity contribution in [2.75, 3.05) is 12.3 Å². The molecule has 0 radical (unpaired) electrons. The van der Waals surface area contributed by atoms with Crippen LogP contribution in [0.2, 0.25) is 0 Å². The van der Waals surface area contributed by atoms with Crippen molar-refractivity contribution >= 4 is 27.0 Å². The molecule has 20 heavy (non-hydrogen) atoms. The average molecular weight is 311 g/mol. The number of sulfonamides is 1. The predicted molar refractivity (Wildman–Crippen MR) is 81.3 cm³/mol. The predicted octanol–water partition coefficient (Wildman–Crippen LogP) is 1.86. The van der Waals surface area contributed by atoms with Crippen LogP contribution < -0.4 is 10.5 Å². The number of nitrogen functional groups attached to an aromatic ring is 1. The lowest BCUT2D eigenvalue weighted by molar-refractivity contribution is 0.580. The lowest BCUT2D eigenvalue weighted by Gasteiger charge is -2.12. The zero-order chi connectivity index (χ0) is 14.8. The fraction of sp³-hybridized carbons (Fsp3) is 0.308. The van der Waals surface area contributed by atoms with E-state index in [4.69, 9.17) is 5.73 Å². The summed E-state index contributed by atoms with van der Waals surface area (Å²) in [7, 11) is -3.52. The Morgan fingerprint density at radius 3 is 2.50 bits per heavy atom. The van der Waals surface area contributed by atoms with Gasteiger partial charge in [-0.15, -0.1) is 11.3 Å². The second-order valence-corrected chi connectivity index (χ2v) is 7.24. The molecule has 1 heterocycles. The van der Waals surface area contributed by atoms with Gasteiger partial charge in [0.05, 0.1) is 9.90 Å². The minimum absolute atomic E-state index is 0.311. The van der Waals surface area contributed by atoms with Gasteiger partial charge in [0.1, 0.15) is 0 Å². The lowest BCUT2D eigenvalue weighted by Crippen LogP contribution is -2.27. The first-order chi connectivity index (χ1) is 9.40. The number of aryl methyl sites for hydroxylation is 2. The summed E-state index contributed by atoms with van der Waals surface area (Å²) >= 11 is 1.52. The summed E-state index contributed by atoms with van der Waals surface area (Å²) in [5.74, 6) is 0. The van der Waals surface area contributed by atoms with Crippen LogP contribution in [0.1, 0.15) is 16.1 Å². The summed E-state index contributed by atoms with van der Waals surface area (Å²) < 4.78 is 27.3. The summed E-state index contributed by atoms with van der Waals surface area (Å²) in [5.41, 5.74) is 7.60. The van der Waals surface area contributed by atoms with Gasteiger partial charge in [0, 0.05) is 30.2 Å². The van der Waals surface area contributed by atoms with Crippen LogP contribution in [0.25, 0.3) is 0 Å². The highest BCUT2D eigenvalue weighted by Crippen LogP contribution is 2.22. The molecule has 0 spiro atoms. The number of nitrogens with two attached hydrogens (primary N) is 1. The van der Waals surface area contributed by atoms with Gasteiger partial charge in [-0.3, -0.25) is 0 Å². The maximum Gasteiger partial charge on any atom is 0.241 e. The summed E-state index contributed by atoms with van der Waals surface area (Å²) in [6.07, 6.45) is 2.30.